The third kappa shape index (κ3) is 3.82. The van der Waals surface area contributed by atoms with Crippen molar-refractivity contribution in [2.45, 2.75) is 38.6 Å². The normalized spacial score (nSPS) is 21.0. The molecule has 0 unspecified atom stereocenters. The maximum Gasteiger partial charge on any atom is 0.225 e. The minimum absolute atomic E-state index is 0.237. The number of halogens is 1. The van der Waals surface area contributed by atoms with Crippen LogP contribution in [0.15, 0.2) is 24.3 Å². The quantitative estimate of drug-likeness (QED) is 0.850. The minimum atomic E-state index is 0.237. The molecular formula is C18H25ClN2O. The van der Waals surface area contributed by atoms with E-state index in [0.29, 0.717) is 5.91 Å². The van der Waals surface area contributed by atoms with Crippen LogP contribution in [0, 0.1) is 5.92 Å². The molecule has 2 heterocycles. The largest absolute Gasteiger partial charge is 0.342 e. The van der Waals surface area contributed by atoms with Gasteiger partial charge >= 0.3 is 0 Å². The van der Waals surface area contributed by atoms with Gasteiger partial charge in [-0.05, 0) is 56.8 Å². The third-order valence-corrected chi connectivity index (χ3v) is 5.33. The predicted octanol–water partition coefficient (Wildman–Crippen LogP) is 3.56. The van der Waals surface area contributed by atoms with E-state index in [1.165, 1.54) is 24.8 Å². The van der Waals surface area contributed by atoms with E-state index in [1.54, 1.807) is 0 Å². The van der Waals surface area contributed by atoms with Gasteiger partial charge in [-0.25, -0.2) is 0 Å². The van der Waals surface area contributed by atoms with E-state index in [1.807, 2.05) is 18.2 Å². The standard InChI is InChI=1S/C18H25ClN2O/c19-17-7-3-2-6-16(17)14-20-12-8-15(9-13-20)18(22)21-10-4-1-5-11-21/h2-3,6-7,15H,1,4-5,8-14H2. The summed E-state index contributed by atoms with van der Waals surface area (Å²) in [5, 5.41) is 0.842. The maximum absolute atomic E-state index is 12.6. The summed E-state index contributed by atoms with van der Waals surface area (Å²) < 4.78 is 0. The Bertz CT molecular complexity index is 506. The molecule has 120 valence electrons. The lowest BCUT2D eigenvalue weighted by atomic mass is 9.94. The number of amides is 1. The van der Waals surface area contributed by atoms with Crippen LogP contribution in [0.2, 0.25) is 5.02 Å². The number of carbonyl (C=O) groups excluding carboxylic acids is 1. The molecule has 4 heteroatoms. The van der Waals surface area contributed by atoms with Gasteiger partial charge in [0, 0.05) is 30.6 Å². The van der Waals surface area contributed by atoms with E-state index in [9.17, 15) is 4.79 Å². The van der Waals surface area contributed by atoms with Crippen LogP contribution in [0.25, 0.3) is 0 Å². The van der Waals surface area contributed by atoms with E-state index >= 15 is 0 Å². The van der Waals surface area contributed by atoms with Gasteiger partial charge < -0.3 is 4.90 Å². The first-order valence-corrected chi connectivity index (χ1v) is 8.86. The number of nitrogens with zero attached hydrogens (tertiary/aromatic N) is 2. The molecule has 3 rings (SSSR count). The highest BCUT2D eigenvalue weighted by atomic mass is 35.5. The summed E-state index contributed by atoms with van der Waals surface area (Å²) in [7, 11) is 0. The van der Waals surface area contributed by atoms with Crippen LogP contribution in [0.1, 0.15) is 37.7 Å². The molecule has 2 aliphatic rings. The first-order chi connectivity index (χ1) is 10.7. The summed E-state index contributed by atoms with van der Waals surface area (Å²) in [4.78, 5) is 17.1. The molecule has 1 amide bonds. The highest BCUT2D eigenvalue weighted by Gasteiger charge is 2.29. The molecule has 2 saturated heterocycles. The molecule has 0 aliphatic carbocycles. The van der Waals surface area contributed by atoms with E-state index < -0.39 is 0 Å². The summed E-state index contributed by atoms with van der Waals surface area (Å²) in [6.45, 7) is 4.83. The smallest absolute Gasteiger partial charge is 0.225 e. The van der Waals surface area contributed by atoms with Crippen LogP contribution in [0.3, 0.4) is 0 Å². The second-order valence-electron chi connectivity index (χ2n) is 6.53. The number of carbonyl (C=O) groups is 1. The van der Waals surface area contributed by atoms with Gasteiger partial charge in [-0.2, -0.15) is 0 Å². The molecule has 0 spiro atoms. The Labute approximate surface area is 138 Å². The Kier molecular flexibility index (Phi) is 5.37. The van der Waals surface area contributed by atoms with Gasteiger partial charge in [0.2, 0.25) is 5.91 Å². The van der Waals surface area contributed by atoms with Gasteiger partial charge in [0.15, 0.2) is 0 Å². The summed E-state index contributed by atoms with van der Waals surface area (Å²) in [6.07, 6.45) is 5.60. The Morgan fingerprint density at radius 2 is 1.73 bits per heavy atom. The average Bonchev–Trinajstić information content (AvgIpc) is 2.58. The van der Waals surface area contributed by atoms with E-state index in [-0.39, 0.29) is 5.92 Å². The van der Waals surface area contributed by atoms with E-state index in [2.05, 4.69) is 15.9 Å². The molecular weight excluding hydrogens is 296 g/mol. The zero-order chi connectivity index (χ0) is 15.4. The van der Waals surface area contributed by atoms with Gasteiger partial charge in [-0.15, -0.1) is 0 Å². The second kappa shape index (κ2) is 7.47. The minimum Gasteiger partial charge on any atom is -0.342 e. The van der Waals surface area contributed by atoms with E-state index in [0.717, 1.165) is 50.6 Å². The van der Waals surface area contributed by atoms with Gasteiger partial charge in [0.1, 0.15) is 0 Å². The maximum atomic E-state index is 12.6. The molecule has 0 bridgehead atoms. The molecule has 1 aromatic rings. The molecule has 2 aliphatic heterocycles. The molecule has 3 nitrogen and oxygen atoms in total. The topological polar surface area (TPSA) is 23.6 Å². The van der Waals surface area contributed by atoms with Gasteiger partial charge in [-0.3, -0.25) is 9.69 Å². The number of benzene rings is 1. The van der Waals surface area contributed by atoms with E-state index in [4.69, 9.17) is 11.6 Å². The lowest BCUT2D eigenvalue weighted by Gasteiger charge is -2.35. The first-order valence-electron chi connectivity index (χ1n) is 8.48. The molecule has 0 saturated carbocycles. The monoisotopic (exact) mass is 320 g/mol. The second-order valence-corrected chi connectivity index (χ2v) is 6.93. The van der Waals surface area contributed by atoms with Crippen LogP contribution in [0.4, 0.5) is 0 Å². The van der Waals surface area contributed by atoms with Crippen LogP contribution in [-0.2, 0) is 11.3 Å². The first kappa shape index (κ1) is 15.8. The molecule has 0 radical (unpaired) electrons. The lowest BCUT2D eigenvalue weighted by molar-refractivity contribution is -0.138. The fraction of sp³-hybridized carbons (Fsp3) is 0.611. The Hall–Kier alpha value is -1.06. The lowest BCUT2D eigenvalue weighted by Crippen LogP contribution is -2.44. The van der Waals surface area contributed by atoms with Crippen LogP contribution in [-0.4, -0.2) is 41.9 Å². The van der Waals surface area contributed by atoms with Crippen molar-refractivity contribution in [3.05, 3.63) is 34.9 Å². The van der Waals surface area contributed by atoms with Crippen molar-refractivity contribution in [3.8, 4) is 0 Å². The highest BCUT2D eigenvalue weighted by molar-refractivity contribution is 6.31. The average molecular weight is 321 g/mol. The Balaban J connectivity index is 1.50. The molecule has 0 atom stereocenters. The van der Waals surface area contributed by atoms with Crippen LogP contribution < -0.4 is 0 Å². The van der Waals surface area contributed by atoms with Crippen LogP contribution >= 0.6 is 11.6 Å². The van der Waals surface area contributed by atoms with Crippen molar-refractivity contribution in [1.82, 2.24) is 9.80 Å². The number of likely N-dealkylation sites (tertiary alicyclic amines) is 2. The van der Waals surface area contributed by atoms with Gasteiger partial charge in [0.05, 0.1) is 0 Å². The van der Waals surface area contributed by atoms with Crippen molar-refractivity contribution in [2.24, 2.45) is 5.92 Å². The number of piperidine rings is 2. The Morgan fingerprint density at radius 3 is 2.41 bits per heavy atom. The third-order valence-electron chi connectivity index (χ3n) is 4.96. The van der Waals surface area contributed by atoms with Crippen LogP contribution in [0.5, 0.6) is 0 Å². The SMILES string of the molecule is O=C(C1CCN(Cc2ccccc2Cl)CC1)N1CCCCC1. The number of rotatable bonds is 3. The van der Waals surface area contributed by atoms with Crippen molar-refractivity contribution in [1.29, 1.82) is 0 Å². The van der Waals surface area contributed by atoms with Crippen molar-refractivity contribution in [3.63, 3.8) is 0 Å². The van der Waals surface area contributed by atoms with Crippen molar-refractivity contribution >= 4 is 17.5 Å². The molecule has 0 aromatic heterocycles. The van der Waals surface area contributed by atoms with Crippen molar-refractivity contribution in [2.75, 3.05) is 26.2 Å². The Morgan fingerprint density at radius 1 is 1.05 bits per heavy atom. The number of hydrogen-bond donors (Lipinski definition) is 0. The molecule has 22 heavy (non-hydrogen) atoms. The predicted molar refractivity (Wildman–Crippen MR) is 89.9 cm³/mol. The fourth-order valence-corrected chi connectivity index (χ4v) is 3.77. The van der Waals surface area contributed by atoms with Gasteiger partial charge in [0.25, 0.3) is 0 Å². The summed E-state index contributed by atoms with van der Waals surface area (Å²) in [5.74, 6) is 0.637. The molecule has 0 N–H and O–H groups in total. The summed E-state index contributed by atoms with van der Waals surface area (Å²) in [5.41, 5.74) is 1.19. The number of hydrogen-bond acceptors (Lipinski definition) is 2. The highest BCUT2D eigenvalue weighted by Crippen LogP contribution is 2.24. The fourth-order valence-electron chi connectivity index (χ4n) is 3.58. The zero-order valence-electron chi connectivity index (χ0n) is 13.1. The van der Waals surface area contributed by atoms with Gasteiger partial charge in [-0.1, -0.05) is 29.8 Å². The van der Waals surface area contributed by atoms with Crippen molar-refractivity contribution < 1.29 is 4.79 Å². The summed E-state index contributed by atoms with van der Waals surface area (Å²) in [6, 6.07) is 8.04. The molecule has 1 aromatic carbocycles. The molecule has 2 fully saturated rings. The summed E-state index contributed by atoms with van der Waals surface area (Å²) >= 11 is 6.24. The zero-order valence-corrected chi connectivity index (χ0v) is 13.9.